The van der Waals surface area contributed by atoms with Gasteiger partial charge in [0.25, 0.3) is 0 Å². The molecular weight excluding hydrogens is 245 g/mol. The van der Waals surface area contributed by atoms with E-state index >= 15 is 0 Å². The van der Waals surface area contributed by atoms with Crippen LogP contribution >= 0.6 is 15.9 Å². The maximum Gasteiger partial charge on any atom is 0.138 e. The summed E-state index contributed by atoms with van der Waals surface area (Å²) < 4.78 is 13.7. The molecule has 0 amide bonds. The number of aryl methyl sites for hydroxylation is 2. The Labute approximate surface area is 90.1 Å². The predicted molar refractivity (Wildman–Crippen MR) is 58.9 cm³/mol. The summed E-state index contributed by atoms with van der Waals surface area (Å²) in [5.74, 6) is -0.243. The van der Waals surface area contributed by atoms with Crippen LogP contribution in [0.4, 0.5) is 4.39 Å². The van der Waals surface area contributed by atoms with Gasteiger partial charge in [0.2, 0.25) is 0 Å². The molecule has 3 heteroatoms. The van der Waals surface area contributed by atoms with Gasteiger partial charge in [0.1, 0.15) is 5.82 Å². The van der Waals surface area contributed by atoms with Crippen molar-refractivity contribution < 1.29 is 4.39 Å². The zero-order chi connectivity index (χ0) is 10.3. The number of nitrogens with zero attached hydrogens (tertiary/aromatic N) is 1. The average molecular weight is 254 g/mol. The van der Waals surface area contributed by atoms with Crippen molar-refractivity contribution in [2.75, 3.05) is 0 Å². The zero-order valence-electron chi connectivity index (χ0n) is 7.94. The summed E-state index contributed by atoms with van der Waals surface area (Å²) in [5.41, 5.74) is 2.99. The summed E-state index contributed by atoms with van der Waals surface area (Å²) in [7, 11) is 0. The number of rotatable bonds is 0. The molecule has 0 atom stereocenters. The van der Waals surface area contributed by atoms with Crippen LogP contribution in [0.3, 0.4) is 0 Å². The van der Waals surface area contributed by atoms with E-state index in [0.29, 0.717) is 4.47 Å². The lowest BCUT2D eigenvalue weighted by Gasteiger charge is -2.05. The number of halogens is 2. The smallest absolute Gasteiger partial charge is 0.138 e. The Bertz CT molecular complexity index is 508. The van der Waals surface area contributed by atoms with E-state index in [1.165, 1.54) is 6.07 Å². The monoisotopic (exact) mass is 253 g/mol. The van der Waals surface area contributed by atoms with Crippen LogP contribution in [0.15, 0.2) is 22.8 Å². The minimum absolute atomic E-state index is 0.243. The van der Waals surface area contributed by atoms with Gasteiger partial charge in [0.05, 0.1) is 9.99 Å². The minimum Gasteiger partial charge on any atom is -0.256 e. The highest BCUT2D eigenvalue weighted by molar-refractivity contribution is 9.10. The molecule has 1 nitrogen and oxygen atoms in total. The van der Waals surface area contributed by atoms with E-state index < -0.39 is 0 Å². The van der Waals surface area contributed by atoms with Gasteiger partial charge in [0.15, 0.2) is 0 Å². The second-order valence-corrected chi connectivity index (χ2v) is 4.20. The summed E-state index contributed by atoms with van der Waals surface area (Å²) in [6.07, 6.45) is 1.81. The fourth-order valence-corrected chi connectivity index (χ4v) is 1.75. The van der Waals surface area contributed by atoms with Gasteiger partial charge in [-0.2, -0.15) is 0 Å². The number of aromatic nitrogens is 1. The van der Waals surface area contributed by atoms with Gasteiger partial charge in [-0.1, -0.05) is 0 Å². The van der Waals surface area contributed by atoms with Crippen LogP contribution in [0, 0.1) is 19.7 Å². The van der Waals surface area contributed by atoms with E-state index in [0.717, 1.165) is 22.0 Å². The molecule has 0 saturated carbocycles. The van der Waals surface area contributed by atoms with Crippen LogP contribution in [0.2, 0.25) is 0 Å². The Kier molecular flexibility index (Phi) is 2.27. The van der Waals surface area contributed by atoms with Gasteiger partial charge in [-0.15, -0.1) is 0 Å². The van der Waals surface area contributed by atoms with Gasteiger partial charge >= 0.3 is 0 Å². The highest BCUT2D eigenvalue weighted by Crippen LogP contribution is 2.25. The number of hydrogen-bond acceptors (Lipinski definition) is 1. The summed E-state index contributed by atoms with van der Waals surface area (Å²) >= 11 is 3.14. The summed E-state index contributed by atoms with van der Waals surface area (Å²) in [5, 5.41) is 0.880. The van der Waals surface area contributed by atoms with E-state index in [1.54, 1.807) is 6.07 Å². The van der Waals surface area contributed by atoms with Crippen molar-refractivity contribution in [2.24, 2.45) is 0 Å². The molecule has 0 aliphatic heterocycles. The van der Waals surface area contributed by atoms with Crippen molar-refractivity contribution in [3.63, 3.8) is 0 Å². The molecule has 2 aromatic rings. The van der Waals surface area contributed by atoms with Crippen molar-refractivity contribution in [1.82, 2.24) is 4.98 Å². The third kappa shape index (κ3) is 1.42. The summed E-state index contributed by atoms with van der Waals surface area (Å²) in [6.45, 7) is 3.95. The first kappa shape index (κ1) is 9.59. The van der Waals surface area contributed by atoms with Crippen LogP contribution in [0.25, 0.3) is 10.9 Å². The summed E-state index contributed by atoms with van der Waals surface area (Å²) in [6, 6.07) is 3.23. The van der Waals surface area contributed by atoms with Crippen molar-refractivity contribution in [3.05, 3.63) is 39.7 Å². The number of benzene rings is 1. The summed E-state index contributed by atoms with van der Waals surface area (Å²) in [4.78, 5) is 4.25. The molecule has 2 rings (SSSR count). The van der Waals surface area contributed by atoms with Gasteiger partial charge < -0.3 is 0 Å². The lowest BCUT2D eigenvalue weighted by atomic mass is 10.1. The SMILES string of the molecule is Cc1cnc2cc(Br)c(F)cc2c1C. The van der Waals surface area contributed by atoms with E-state index in [1.807, 2.05) is 20.0 Å². The fraction of sp³-hybridized carbons (Fsp3) is 0.182. The van der Waals surface area contributed by atoms with Crippen molar-refractivity contribution in [3.8, 4) is 0 Å². The molecular formula is C11H9BrFN. The second kappa shape index (κ2) is 3.31. The largest absolute Gasteiger partial charge is 0.256 e. The first-order chi connectivity index (χ1) is 6.59. The molecule has 0 bridgehead atoms. The first-order valence-corrected chi connectivity index (χ1v) is 5.10. The molecule has 0 aliphatic rings. The molecule has 0 unspecified atom stereocenters. The number of pyridine rings is 1. The maximum atomic E-state index is 13.3. The lowest BCUT2D eigenvalue weighted by Crippen LogP contribution is -1.89. The first-order valence-electron chi connectivity index (χ1n) is 4.30. The molecule has 0 saturated heterocycles. The fourth-order valence-electron chi connectivity index (χ4n) is 1.42. The molecule has 14 heavy (non-hydrogen) atoms. The number of fused-ring (bicyclic) bond motifs is 1. The molecule has 0 fully saturated rings. The standard InChI is InChI=1S/C11H9BrFN/c1-6-5-14-11-4-9(12)10(13)3-8(11)7(6)2/h3-5H,1-2H3. The highest BCUT2D eigenvalue weighted by atomic mass is 79.9. The number of hydrogen-bond donors (Lipinski definition) is 0. The van der Waals surface area contributed by atoms with Crippen molar-refractivity contribution in [2.45, 2.75) is 13.8 Å². The molecule has 0 spiro atoms. The van der Waals surface area contributed by atoms with E-state index in [9.17, 15) is 4.39 Å². The lowest BCUT2D eigenvalue weighted by molar-refractivity contribution is 0.623. The van der Waals surface area contributed by atoms with E-state index in [-0.39, 0.29) is 5.82 Å². The van der Waals surface area contributed by atoms with Gasteiger partial charge in [-0.25, -0.2) is 4.39 Å². The van der Waals surface area contributed by atoms with Crippen LogP contribution < -0.4 is 0 Å². The molecule has 0 N–H and O–H groups in total. The Morgan fingerprint density at radius 3 is 2.71 bits per heavy atom. The Morgan fingerprint density at radius 2 is 2.00 bits per heavy atom. The van der Waals surface area contributed by atoms with E-state index in [2.05, 4.69) is 20.9 Å². The van der Waals surface area contributed by atoms with Gasteiger partial charge in [0, 0.05) is 11.6 Å². The Hall–Kier alpha value is -0.960. The second-order valence-electron chi connectivity index (χ2n) is 3.35. The van der Waals surface area contributed by atoms with Crippen molar-refractivity contribution >= 4 is 26.8 Å². The third-order valence-corrected chi connectivity index (χ3v) is 3.04. The molecule has 0 aliphatic carbocycles. The molecule has 1 heterocycles. The Balaban J connectivity index is 2.89. The molecule has 0 radical (unpaired) electrons. The van der Waals surface area contributed by atoms with Crippen molar-refractivity contribution in [1.29, 1.82) is 0 Å². The molecule has 1 aromatic heterocycles. The van der Waals surface area contributed by atoms with Gasteiger partial charge in [-0.3, -0.25) is 4.98 Å². The minimum atomic E-state index is -0.243. The molecule has 72 valence electrons. The van der Waals surface area contributed by atoms with Crippen LogP contribution in [0.5, 0.6) is 0 Å². The maximum absolute atomic E-state index is 13.3. The topological polar surface area (TPSA) is 12.9 Å². The molecule has 1 aromatic carbocycles. The van der Waals surface area contributed by atoms with Crippen LogP contribution in [0.1, 0.15) is 11.1 Å². The predicted octanol–water partition coefficient (Wildman–Crippen LogP) is 3.75. The average Bonchev–Trinajstić information content (AvgIpc) is 2.15. The van der Waals surface area contributed by atoms with E-state index in [4.69, 9.17) is 0 Å². The van der Waals surface area contributed by atoms with Crippen LogP contribution in [-0.4, -0.2) is 4.98 Å². The zero-order valence-corrected chi connectivity index (χ0v) is 9.52. The van der Waals surface area contributed by atoms with Gasteiger partial charge in [-0.05, 0) is 53.0 Å². The Morgan fingerprint density at radius 1 is 1.29 bits per heavy atom. The normalized spacial score (nSPS) is 10.9. The quantitative estimate of drug-likeness (QED) is 0.697. The third-order valence-electron chi connectivity index (χ3n) is 2.43. The van der Waals surface area contributed by atoms with Crippen LogP contribution in [-0.2, 0) is 0 Å². The highest BCUT2D eigenvalue weighted by Gasteiger charge is 2.06.